The average Bonchev–Trinajstić information content (AvgIpc) is 3.21. The molecule has 1 N–H and O–H groups in total. The second-order valence-corrected chi connectivity index (χ2v) is 5.87. The molecule has 0 unspecified atom stereocenters. The van der Waals surface area contributed by atoms with Gasteiger partial charge in [-0.25, -0.2) is 4.79 Å². The van der Waals surface area contributed by atoms with Crippen LogP contribution in [0.15, 0.2) is 71.1 Å². The minimum atomic E-state index is -1.15. The van der Waals surface area contributed by atoms with E-state index in [1.807, 2.05) is 30.3 Å². The number of furan rings is 1. The van der Waals surface area contributed by atoms with Crippen LogP contribution in [0.25, 0.3) is 0 Å². The summed E-state index contributed by atoms with van der Waals surface area (Å²) in [6.45, 7) is 1.37. The van der Waals surface area contributed by atoms with Gasteiger partial charge < -0.3 is 19.2 Å². The Morgan fingerprint density at radius 3 is 2.28 bits per heavy atom. The monoisotopic (exact) mass is 396 g/mol. The third-order valence-electron chi connectivity index (χ3n) is 3.73. The lowest BCUT2D eigenvalue weighted by Gasteiger charge is -2.13. The summed E-state index contributed by atoms with van der Waals surface area (Å²) in [6, 6.07) is 18.0. The summed E-state index contributed by atoms with van der Waals surface area (Å²) in [6.07, 6.45) is -1.15. The van der Waals surface area contributed by atoms with Crippen molar-refractivity contribution in [3.8, 4) is 11.5 Å². The van der Waals surface area contributed by atoms with Gasteiger partial charge in [0.05, 0.1) is 6.07 Å². The molecule has 1 heterocycles. The Balaban J connectivity index is 1.54. The van der Waals surface area contributed by atoms with E-state index in [9.17, 15) is 19.7 Å². The van der Waals surface area contributed by atoms with Crippen LogP contribution in [0.4, 0.5) is 11.6 Å². The van der Waals surface area contributed by atoms with Gasteiger partial charge in [-0.15, -0.1) is 0 Å². The predicted molar refractivity (Wildman–Crippen MR) is 102 cm³/mol. The highest BCUT2D eigenvalue weighted by Gasteiger charge is 2.23. The lowest BCUT2D eigenvalue weighted by Crippen LogP contribution is -2.29. The Hall–Kier alpha value is -4.14. The Morgan fingerprint density at radius 1 is 1.00 bits per heavy atom. The van der Waals surface area contributed by atoms with Crippen LogP contribution in [0.1, 0.15) is 17.5 Å². The molecule has 9 nitrogen and oxygen atoms in total. The number of rotatable bonds is 7. The number of nitrogens with one attached hydrogen (secondary N) is 1. The second-order valence-electron chi connectivity index (χ2n) is 5.87. The first-order valence-corrected chi connectivity index (χ1v) is 8.51. The summed E-state index contributed by atoms with van der Waals surface area (Å²) in [5, 5.41) is 13.2. The van der Waals surface area contributed by atoms with Crippen molar-refractivity contribution in [2.24, 2.45) is 0 Å². The van der Waals surface area contributed by atoms with Gasteiger partial charge in [-0.05, 0) is 49.4 Å². The van der Waals surface area contributed by atoms with Gasteiger partial charge >= 0.3 is 11.9 Å². The standard InChI is InChI=1S/C20H16N2O7/c1-13(27-20(24)17-11-12-18(29-17)22(25)26)19(23)21-14-7-9-16(10-8-14)28-15-5-3-2-4-6-15/h2-13H,1H3,(H,21,23)/t13-/m1/s1. The summed E-state index contributed by atoms with van der Waals surface area (Å²) in [7, 11) is 0. The van der Waals surface area contributed by atoms with Gasteiger partial charge in [0.15, 0.2) is 6.10 Å². The van der Waals surface area contributed by atoms with Crippen LogP contribution in [0.3, 0.4) is 0 Å². The first-order chi connectivity index (χ1) is 13.9. The number of para-hydroxylation sites is 1. The van der Waals surface area contributed by atoms with E-state index < -0.39 is 28.8 Å². The van der Waals surface area contributed by atoms with Crippen molar-refractivity contribution in [3.05, 3.63) is 82.6 Å². The first kappa shape index (κ1) is 19.6. The topological polar surface area (TPSA) is 121 Å². The third-order valence-corrected chi connectivity index (χ3v) is 3.73. The highest BCUT2D eigenvalue weighted by atomic mass is 16.7. The number of carbonyl (C=O) groups excluding carboxylic acids is 2. The number of nitro groups is 1. The van der Waals surface area contributed by atoms with Crippen molar-refractivity contribution in [2.75, 3.05) is 5.32 Å². The third kappa shape index (κ3) is 5.19. The highest BCUT2D eigenvalue weighted by molar-refractivity contribution is 5.96. The molecule has 3 aromatic rings. The molecule has 0 bridgehead atoms. The van der Waals surface area contributed by atoms with Gasteiger partial charge in [-0.2, -0.15) is 0 Å². The van der Waals surface area contributed by atoms with Crippen LogP contribution in [0, 0.1) is 10.1 Å². The molecule has 0 aliphatic rings. The molecule has 0 radical (unpaired) electrons. The number of esters is 1. The van der Waals surface area contributed by atoms with Crippen molar-refractivity contribution in [3.63, 3.8) is 0 Å². The van der Waals surface area contributed by atoms with Crippen LogP contribution >= 0.6 is 0 Å². The van der Waals surface area contributed by atoms with Gasteiger partial charge in [0.25, 0.3) is 5.91 Å². The fourth-order valence-electron chi connectivity index (χ4n) is 2.28. The Kier molecular flexibility index (Phi) is 5.88. The number of nitrogens with zero attached hydrogens (tertiary/aromatic N) is 1. The maximum atomic E-state index is 12.2. The van der Waals surface area contributed by atoms with Crippen molar-refractivity contribution in [1.82, 2.24) is 0 Å². The minimum absolute atomic E-state index is 0.362. The number of benzene rings is 2. The Bertz CT molecular complexity index is 1010. The largest absolute Gasteiger partial charge is 0.457 e. The molecule has 1 aromatic heterocycles. The zero-order chi connectivity index (χ0) is 20.8. The van der Waals surface area contributed by atoms with Crippen molar-refractivity contribution < 1.29 is 28.4 Å². The molecular formula is C20H16N2O7. The molecule has 0 saturated carbocycles. The molecule has 1 amide bonds. The van der Waals surface area contributed by atoms with E-state index >= 15 is 0 Å². The average molecular weight is 396 g/mol. The molecule has 9 heteroatoms. The van der Waals surface area contributed by atoms with E-state index in [4.69, 9.17) is 13.9 Å². The van der Waals surface area contributed by atoms with Gasteiger partial charge in [0, 0.05) is 5.69 Å². The van der Waals surface area contributed by atoms with Crippen LogP contribution < -0.4 is 10.1 Å². The van der Waals surface area contributed by atoms with Gasteiger partial charge in [0.2, 0.25) is 5.76 Å². The van der Waals surface area contributed by atoms with Gasteiger partial charge in [-0.3, -0.25) is 14.9 Å². The lowest BCUT2D eigenvalue weighted by atomic mass is 10.2. The van der Waals surface area contributed by atoms with Gasteiger partial charge in [-0.1, -0.05) is 18.2 Å². The SMILES string of the molecule is C[C@@H](OC(=O)c1ccc([N+](=O)[O-])o1)C(=O)Nc1ccc(Oc2ccccc2)cc1. The molecule has 0 aliphatic carbocycles. The normalized spacial score (nSPS) is 11.3. The van der Waals surface area contributed by atoms with Crippen LogP contribution in [-0.4, -0.2) is 22.9 Å². The number of amides is 1. The molecule has 0 spiro atoms. The molecule has 0 saturated heterocycles. The van der Waals surface area contributed by atoms with E-state index in [0.29, 0.717) is 17.2 Å². The fourth-order valence-corrected chi connectivity index (χ4v) is 2.28. The molecule has 1 atom stereocenters. The van der Waals surface area contributed by atoms with E-state index in [1.54, 1.807) is 24.3 Å². The zero-order valence-corrected chi connectivity index (χ0v) is 15.2. The predicted octanol–water partition coefficient (Wildman–Crippen LogP) is 4.16. The summed E-state index contributed by atoms with van der Waals surface area (Å²) in [5.41, 5.74) is 0.479. The number of hydrogen-bond donors (Lipinski definition) is 1. The molecular weight excluding hydrogens is 380 g/mol. The Labute approximate surface area is 165 Å². The number of hydrogen-bond acceptors (Lipinski definition) is 7. The molecule has 3 rings (SSSR count). The molecule has 0 aliphatic heterocycles. The minimum Gasteiger partial charge on any atom is -0.457 e. The Morgan fingerprint density at radius 2 is 1.66 bits per heavy atom. The quantitative estimate of drug-likeness (QED) is 0.361. The maximum absolute atomic E-state index is 12.2. The summed E-state index contributed by atoms with van der Waals surface area (Å²) < 4.78 is 15.4. The van der Waals surface area contributed by atoms with E-state index in [0.717, 1.165) is 12.1 Å². The number of ether oxygens (including phenoxy) is 2. The number of anilines is 1. The summed E-state index contributed by atoms with van der Waals surface area (Å²) in [4.78, 5) is 33.9. The smallest absolute Gasteiger partial charge is 0.433 e. The first-order valence-electron chi connectivity index (χ1n) is 8.51. The van der Waals surface area contributed by atoms with Crippen LogP contribution in [0.2, 0.25) is 0 Å². The fraction of sp³-hybridized carbons (Fsp3) is 0.100. The molecule has 2 aromatic carbocycles. The molecule has 29 heavy (non-hydrogen) atoms. The van der Waals surface area contributed by atoms with Crippen molar-refractivity contribution in [1.29, 1.82) is 0 Å². The second kappa shape index (κ2) is 8.70. The van der Waals surface area contributed by atoms with E-state index in [1.165, 1.54) is 6.92 Å². The number of carbonyl (C=O) groups is 2. The van der Waals surface area contributed by atoms with Crippen molar-refractivity contribution >= 4 is 23.4 Å². The van der Waals surface area contributed by atoms with E-state index in [2.05, 4.69) is 5.32 Å². The lowest BCUT2D eigenvalue weighted by molar-refractivity contribution is -0.402. The van der Waals surface area contributed by atoms with Gasteiger partial charge in [0.1, 0.15) is 16.4 Å². The van der Waals surface area contributed by atoms with Crippen molar-refractivity contribution in [2.45, 2.75) is 13.0 Å². The van der Waals surface area contributed by atoms with E-state index in [-0.39, 0.29) is 5.76 Å². The molecule has 0 fully saturated rings. The van der Waals surface area contributed by atoms with Crippen LogP contribution in [-0.2, 0) is 9.53 Å². The van der Waals surface area contributed by atoms with Crippen LogP contribution in [0.5, 0.6) is 11.5 Å². The summed E-state index contributed by atoms with van der Waals surface area (Å²) >= 11 is 0. The highest BCUT2D eigenvalue weighted by Crippen LogP contribution is 2.23. The maximum Gasteiger partial charge on any atom is 0.433 e. The summed E-state index contributed by atoms with van der Waals surface area (Å²) in [5.74, 6) is -1.23. The zero-order valence-electron chi connectivity index (χ0n) is 15.2. The molecule has 148 valence electrons.